The third-order valence-electron chi connectivity index (χ3n) is 4.30. The van der Waals surface area contributed by atoms with Crippen molar-refractivity contribution in [1.82, 2.24) is 0 Å². The summed E-state index contributed by atoms with van der Waals surface area (Å²) in [5, 5.41) is 9.61. The Morgan fingerprint density at radius 2 is 1.84 bits per heavy atom. The molecule has 1 fully saturated rings. The van der Waals surface area contributed by atoms with Crippen molar-refractivity contribution < 1.29 is 9.84 Å². The van der Waals surface area contributed by atoms with Crippen molar-refractivity contribution in [2.75, 3.05) is 7.11 Å². The maximum Gasteiger partial charge on any atom is 0.124 e. The van der Waals surface area contributed by atoms with Crippen LogP contribution < -0.4 is 10.5 Å². The molecule has 3 heteroatoms. The minimum atomic E-state index is -0.135. The number of hydrogen-bond acceptors (Lipinski definition) is 3. The Labute approximate surface area is 115 Å². The molecule has 1 aromatic rings. The molecule has 1 aromatic carbocycles. The van der Waals surface area contributed by atoms with Crippen molar-refractivity contribution in [3.8, 4) is 5.75 Å². The van der Waals surface area contributed by atoms with Crippen molar-refractivity contribution in [3.63, 3.8) is 0 Å². The van der Waals surface area contributed by atoms with Crippen LogP contribution in [-0.2, 0) is 0 Å². The molecule has 19 heavy (non-hydrogen) atoms. The molecule has 0 bridgehead atoms. The minimum Gasteiger partial charge on any atom is -0.496 e. The van der Waals surface area contributed by atoms with Gasteiger partial charge >= 0.3 is 0 Å². The lowest BCUT2D eigenvalue weighted by atomic mass is 9.79. The summed E-state index contributed by atoms with van der Waals surface area (Å²) in [6.07, 6.45) is 3.60. The summed E-state index contributed by atoms with van der Waals surface area (Å²) in [6.45, 7) is 4.17. The fraction of sp³-hybridized carbons (Fsp3) is 0.625. The number of nitrogens with two attached hydrogens (primary N) is 1. The van der Waals surface area contributed by atoms with Gasteiger partial charge in [0.1, 0.15) is 5.75 Å². The fourth-order valence-electron chi connectivity index (χ4n) is 3.23. The number of ether oxygens (including phenoxy) is 1. The van der Waals surface area contributed by atoms with E-state index in [1.165, 1.54) is 11.1 Å². The van der Waals surface area contributed by atoms with Crippen LogP contribution in [0.1, 0.15) is 48.4 Å². The van der Waals surface area contributed by atoms with E-state index in [1.807, 2.05) is 0 Å². The lowest BCUT2D eigenvalue weighted by Gasteiger charge is -2.31. The second kappa shape index (κ2) is 5.93. The van der Waals surface area contributed by atoms with Crippen LogP contribution in [0.4, 0.5) is 0 Å². The molecule has 0 amide bonds. The van der Waals surface area contributed by atoms with Crippen LogP contribution >= 0.6 is 0 Å². The van der Waals surface area contributed by atoms with Gasteiger partial charge in [-0.15, -0.1) is 0 Å². The molecule has 1 aliphatic carbocycles. The van der Waals surface area contributed by atoms with Crippen molar-refractivity contribution in [2.45, 2.75) is 51.7 Å². The maximum atomic E-state index is 9.61. The lowest BCUT2D eigenvalue weighted by molar-refractivity contribution is 0.101. The molecule has 106 valence electrons. The molecule has 2 rings (SSSR count). The van der Waals surface area contributed by atoms with Crippen LogP contribution in [-0.4, -0.2) is 18.3 Å². The lowest BCUT2D eigenvalue weighted by Crippen LogP contribution is -2.28. The molecular weight excluding hydrogens is 238 g/mol. The van der Waals surface area contributed by atoms with Gasteiger partial charge in [-0.25, -0.2) is 0 Å². The Balaban J connectivity index is 2.25. The Hall–Kier alpha value is -1.06. The van der Waals surface area contributed by atoms with E-state index in [0.717, 1.165) is 37.0 Å². The zero-order chi connectivity index (χ0) is 14.0. The van der Waals surface area contributed by atoms with E-state index in [0.29, 0.717) is 5.92 Å². The molecule has 1 saturated carbocycles. The highest BCUT2D eigenvalue weighted by molar-refractivity contribution is 5.45. The highest BCUT2D eigenvalue weighted by atomic mass is 16.5. The first kappa shape index (κ1) is 14.4. The molecule has 0 spiro atoms. The SMILES string of the molecule is COc1cc(C)cc(C)c1C(N)C1CCC(O)CC1. The van der Waals surface area contributed by atoms with Crippen molar-refractivity contribution in [2.24, 2.45) is 11.7 Å². The zero-order valence-corrected chi connectivity index (χ0v) is 12.1. The van der Waals surface area contributed by atoms with Crippen molar-refractivity contribution in [3.05, 3.63) is 28.8 Å². The number of aliphatic hydroxyl groups excluding tert-OH is 1. The van der Waals surface area contributed by atoms with Gasteiger partial charge in [0.2, 0.25) is 0 Å². The van der Waals surface area contributed by atoms with Gasteiger partial charge in [0.05, 0.1) is 13.2 Å². The molecule has 0 aromatic heterocycles. The fourth-order valence-corrected chi connectivity index (χ4v) is 3.23. The van der Waals surface area contributed by atoms with Crippen molar-refractivity contribution >= 4 is 0 Å². The van der Waals surface area contributed by atoms with E-state index in [2.05, 4.69) is 26.0 Å². The average molecular weight is 263 g/mol. The third-order valence-corrected chi connectivity index (χ3v) is 4.30. The summed E-state index contributed by atoms with van der Waals surface area (Å²) in [6, 6.07) is 4.22. The van der Waals surface area contributed by atoms with Gasteiger partial charge < -0.3 is 15.6 Å². The highest BCUT2D eigenvalue weighted by Gasteiger charge is 2.28. The predicted molar refractivity (Wildman–Crippen MR) is 77.4 cm³/mol. The molecular formula is C16H25NO2. The van der Waals surface area contributed by atoms with E-state index in [9.17, 15) is 5.11 Å². The summed E-state index contributed by atoms with van der Waals surface area (Å²) in [5.41, 5.74) is 10.0. The molecule has 0 aliphatic heterocycles. The molecule has 3 N–H and O–H groups in total. The van der Waals surface area contributed by atoms with Crippen LogP contribution in [0, 0.1) is 19.8 Å². The Bertz CT molecular complexity index is 437. The van der Waals surface area contributed by atoms with Crippen LogP contribution in [0.15, 0.2) is 12.1 Å². The molecule has 1 unspecified atom stereocenters. The first-order valence-electron chi connectivity index (χ1n) is 7.11. The highest BCUT2D eigenvalue weighted by Crippen LogP contribution is 2.38. The van der Waals surface area contributed by atoms with Gasteiger partial charge in [0, 0.05) is 11.6 Å². The monoisotopic (exact) mass is 263 g/mol. The number of aryl methyl sites for hydroxylation is 2. The average Bonchev–Trinajstić information content (AvgIpc) is 2.38. The number of aliphatic hydroxyl groups is 1. The molecule has 0 saturated heterocycles. The standard InChI is InChI=1S/C16H25NO2/c1-10-8-11(2)15(14(9-10)19-3)16(17)12-4-6-13(18)7-5-12/h8-9,12-13,16,18H,4-7,17H2,1-3H3. The Kier molecular flexibility index (Phi) is 4.48. The second-order valence-corrected chi connectivity index (χ2v) is 5.79. The van der Waals surface area contributed by atoms with Crippen LogP contribution in [0.2, 0.25) is 0 Å². The van der Waals surface area contributed by atoms with E-state index in [1.54, 1.807) is 7.11 Å². The molecule has 0 heterocycles. The van der Waals surface area contributed by atoms with Crippen LogP contribution in [0.25, 0.3) is 0 Å². The molecule has 0 radical (unpaired) electrons. The van der Waals surface area contributed by atoms with Crippen molar-refractivity contribution in [1.29, 1.82) is 0 Å². The van der Waals surface area contributed by atoms with Crippen LogP contribution in [0.3, 0.4) is 0 Å². The summed E-state index contributed by atoms with van der Waals surface area (Å²) in [5.74, 6) is 1.34. The topological polar surface area (TPSA) is 55.5 Å². The van der Waals surface area contributed by atoms with Gasteiger partial charge in [0.25, 0.3) is 0 Å². The second-order valence-electron chi connectivity index (χ2n) is 5.79. The first-order chi connectivity index (χ1) is 9.02. The first-order valence-corrected chi connectivity index (χ1v) is 7.11. The molecule has 1 atom stereocenters. The predicted octanol–water partition coefficient (Wildman–Crippen LogP) is 2.86. The smallest absolute Gasteiger partial charge is 0.124 e. The number of rotatable bonds is 3. The summed E-state index contributed by atoms with van der Waals surface area (Å²) in [4.78, 5) is 0. The quantitative estimate of drug-likeness (QED) is 0.881. The minimum absolute atomic E-state index is 0.00282. The number of methoxy groups -OCH3 is 1. The molecule has 1 aliphatic rings. The van der Waals surface area contributed by atoms with E-state index >= 15 is 0 Å². The zero-order valence-electron chi connectivity index (χ0n) is 12.1. The largest absolute Gasteiger partial charge is 0.496 e. The van der Waals surface area contributed by atoms with Gasteiger partial charge in [-0.2, -0.15) is 0 Å². The Morgan fingerprint density at radius 1 is 1.21 bits per heavy atom. The number of hydrogen-bond donors (Lipinski definition) is 2. The van der Waals surface area contributed by atoms with Gasteiger partial charge in [-0.3, -0.25) is 0 Å². The van der Waals surface area contributed by atoms with Gasteiger partial charge in [0.15, 0.2) is 0 Å². The maximum absolute atomic E-state index is 9.61. The van der Waals surface area contributed by atoms with E-state index in [4.69, 9.17) is 10.5 Å². The van der Waals surface area contributed by atoms with E-state index in [-0.39, 0.29) is 12.1 Å². The van der Waals surface area contributed by atoms with Gasteiger partial charge in [-0.05, 0) is 62.6 Å². The third kappa shape index (κ3) is 3.10. The summed E-state index contributed by atoms with van der Waals surface area (Å²) < 4.78 is 5.51. The molecule has 3 nitrogen and oxygen atoms in total. The summed E-state index contributed by atoms with van der Waals surface area (Å²) >= 11 is 0. The summed E-state index contributed by atoms with van der Waals surface area (Å²) in [7, 11) is 1.70. The number of benzene rings is 1. The van der Waals surface area contributed by atoms with E-state index < -0.39 is 0 Å². The van der Waals surface area contributed by atoms with Gasteiger partial charge in [-0.1, -0.05) is 6.07 Å². The van der Waals surface area contributed by atoms with Crippen LogP contribution in [0.5, 0.6) is 5.75 Å². The normalized spacial score (nSPS) is 25.1. The Morgan fingerprint density at radius 3 is 2.42 bits per heavy atom.